The van der Waals surface area contributed by atoms with Crippen LogP contribution < -0.4 is 5.32 Å². The number of benzene rings is 1. The van der Waals surface area contributed by atoms with Gasteiger partial charge in [0.25, 0.3) is 0 Å². The number of allylic oxidation sites excluding steroid dienone is 3. The van der Waals surface area contributed by atoms with E-state index in [1.807, 2.05) is 18.2 Å². The van der Waals surface area contributed by atoms with Gasteiger partial charge in [0.2, 0.25) is 5.91 Å². The molecule has 0 aliphatic heterocycles. The Labute approximate surface area is 225 Å². The zero-order chi connectivity index (χ0) is 26.0. The maximum absolute atomic E-state index is 14.0. The summed E-state index contributed by atoms with van der Waals surface area (Å²) in [6, 6.07) is 8.09. The van der Waals surface area contributed by atoms with Gasteiger partial charge in [-0.1, -0.05) is 56.5 Å². The van der Waals surface area contributed by atoms with Crippen LogP contribution in [-0.2, 0) is 15.1 Å². The van der Waals surface area contributed by atoms with Crippen molar-refractivity contribution in [3.8, 4) is 0 Å². The monoisotopic (exact) mass is 521 g/mol. The highest BCUT2D eigenvalue weighted by atomic mass is 35.5. The lowest BCUT2D eigenvalue weighted by Gasteiger charge is -2.57. The Balaban J connectivity index is 1.24. The lowest BCUT2D eigenvalue weighted by molar-refractivity contribution is -0.133. The molecule has 1 aromatic carbocycles. The maximum Gasteiger partial charge on any atom is 0.331 e. The fraction of sp³-hybridized carbons (Fsp3) is 0.625. The van der Waals surface area contributed by atoms with E-state index < -0.39 is 5.97 Å². The van der Waals surface area contributed by atoms with E-state index in [2.05, 4.69) is 37.4 Å². The summed E-state index contributed by atoms with van der Waals surface area (Å²) in [6.45, 7) is 4.78. The van der Waals surface area contributed by atoms with Gasteiger partial charge >= 0.3 is 5.97 Å². The van der Waals surface area contributed by atoms with Gasteiger partial charge < -0.3 is 10.4 Å². The lowest BCUT2D eigenvalue weighted by atomic mass is 9.48. The molecule has 0 spiro atoms. The van der Waals surface area contributed by atoms with Crippen molar-refractivity contribution in [1.29, 1.82) is 0 Å². The summed E-state index contributed by atoms with van der Waals surface area (Å²) < 4.78 is 0. The van der Waals surface area contributed by atoms with Crippen molar-refractivity contribution in [3.63, 3.8) is 0 Å². The van der Waals surface area contributed by atoms with E-state index in [1.54, 1.807) is 0 Å². The fourth-order valence-corrected chi connectivity index (χ4v) is 9.61. The average Bonchev–Trinajstić information content (AvgIpc) is 3.48. The standard InChI is InChI=1S/C32H40ClNO3/c1-30-17-13-20(29(36)37)19-22(30)7-10-24-25-11-12-27(31(25,2)18-14-26(24)30)28(35)34-32(15-3-4-16-32)21-5-8-23(33)9-6-21/h5-9,19,24-27H,3-4,10-18H2,1-2H3,(H,34,35)(H,36,37)/t24-,25-,26-,27+,30-,31-/m0/s1. The van der Waals surface area contributed by atoms with Crippen molar-refractivity contribution in [2.24, 2.45) is 34.5 Å². The molecule has 0 unspecified atom stereocenters. The smallest absolute Gasteiger partial charge is 0.331 e. The summed E-state index contributed by atoms with van der Waals surface area (Å²) in [6.07, 6.45) is 15.5. The SMILES string of the molecule is C[C@]12CC[C@H]3[C@@H](CC=C4C=C(C(=O)O)CC[C@@]43C)[C@@H]1CC[C@@H]2C(=O)NC1(c2ccc(Cl)cc2)CCCC1. The first-order chi connectivity index (χ1) is 17.7. The number of carboxylic acids is 1. The quantitative estimate of drug-likeness (QED) is 0.433. The minimum atomic E-state index is -0.774. The molecule has 198 valence electrons. The zero-order valence-electron chi connectivity index (χ0n) is 22.2. The minimum Gasteiger partial charge on any atom is -0.478 e. The lowest BCUT2D eigenvalue weighted by Crippen LogP contribution is -2.53. The van der Waals surface area contributed by atoms with Crippen molar-refractivity contribution in [2.75, 3.05) is 0 Å². The van der Waals surface area contributed by atoms with Crippen LogP contribution >= 0.6 is 11.6 Å². The number of hydrogen-bond acceptors (Lipinski definition) is 2. The molecule has 6 atom stereocenters. The molecule has 3 saturated carbocycles. The number of carbonyl (C=O) groups excluding carboxylic acids is 1. The summed E-state index contributed by atoms with van der Waals surface area (Å²) in [7, 11) is 0. The van der Waals surface area contributed by atoms with Gasteiger partial charge in [-0.05, 0) is 116 Å². The van der Waals surface area contributed by atoms with Crippen LogP contribution in [-0.4, -0.2) is 17.0 Å². The van der Waals surface area contributed by atoms with Crippen LogP contribution in [0.5, 0.6) is 0 Å². The molecule has 2 N–H and O–H groups in total. The largest absolute Gasteiger partial charge is 0.478 e. The van der Waals surface area contributed by atoms with Crippen LogP contribution in [0, 0.1) is 34.5 Å². The first-order valence-electron chi connectivity index (χ1n) is 14.4. The second-order valence-electron chi connectivity index (χ2n) is 13.1. The topological polar surface area (TPSA) is 66.4 Å². The Hall–Kier alpha value is -2.07. The van der Waals surface area contributed by atoms with Crippen molar-refractivity contribution in [3.05, 3.63) is 58.1 Å². The molecule has 0 radical (unpaired) electrons. The number of amides is 1. The molecule has 1 aromatic rings. The van der Waals surface area contributed by atoms with Gasteiger partial charge in [0.05, 0.1) is 5.54 Å². The number of nitrogens with one attached hydrogen (secondary N) is 1. The number of rotatable bonds is 4. The fourth-order valence-electron chi connectivity index (χ4n) is 9.48. The molecule has 37 heavy (non-hydrogen) atoms. The van der Waals surface area contributed by atoms with E-state index in [9.17, 15) is 14.7 Å². The van der Waals surface area contributed by atoms with E-state index in [-0.39, 0.29) is 28.2 Å². The van der Waals surface area contributed by atoms with Crippen molar-refractivity contribution >= 4 is 23.5 Å². The number of carboxylic acid groups (broad SMARTS) is 1. The molecular formula is C32H40ClNO3. The third kappa shape index (κ3) is 3.92. The molecule has 1 amide bonds. The van der Waals surface area contributed by atoms with Gasteiger partial charge in [0.1, 0.15) is 0 Å². The third-order valence-electron chi connectivity index (χ3n) is 11.6. The van der Waals surface area contributed by atoms with E-state index in [0.717, 1.165) is 69.2 Å². The summed E-state index contributed by atoms with van der Waals surface area (Å²) in [5.74, 6) is 1.26. The number of fused-ring (bicyclic) bond motifs is 5. The van der Waals surface area contributed by atoms with Gasteiger partial charge in [-0.25, -0.2) is 4.79 Å². The van der Waals surface area contributed by atoms with Crippen LogP contribution in [0.15, 0.2) is 47.6 Å². The first kappa shape index (κ1) is 25.2. The Morgan fingerprint density at radius 2 is 1.70 bits per heavy atom. The van der Waals surface area contributed by atoms with Crippen molar-refractivity contribution < 1.29 is 14.7 Å². The Kier molecular flexibility index (Phi) is 6.14. The van der Waals surface area contributed by atoms with E-state index in [4.69, 9.17) is 11.6 Å². The number of aliphatic carboxylic acids is 1. The zero-order valence-corrected chi connectivity index (χ0v) is 22.9. The predicted molar refractivity (Wildman–Crippen MR) is 146 cm³/mol. The van der Waals surface area contributed by atoms with Crippen LogP contribution in [0.2, 0.25) is 5.02 Å². The molecule has 0 heterocycles. The normalized spacial score (nSPS) is 38.0. The summed E-state index contributed by atoms with van der Waals surface area (Å²) in [5.41, 5.74) is 2.83. The molecule has 5 heteroatoms. The van der Waals surface area contributed by atoms with Gasteiger partial charge in [-0.2, -0.15) is 0 Å². The molecule has 5 aliphatic carbocycles. The van der Waals surface area contributed by atoms with Gasteiger partial charge in [0, 0.05) is 16.5 Å². The van der Waals surface area contributed by atoms with E-state index >= 15 is 0 Å². The summed E-state index contributed by atoms with van der Waals surface area (Å²) in [4.78, 5) is 25.7. The highest BCUT2D eigenvalue weighted by Crippen LogP contribution is 2.66. The highest BCUT2D eigenvalue weighted by Gasteiger charge is 2.60. The molecule has 0 bridgehead atoms. The Morgan fingerprint density at radius 1 is 0.973 bits per heavy atom. The van der Waals surface area contributed by atoms with E-state index in [0.29, 0.717) is 29.7 Å². The second-order valence-corrected chi connectivity index (χ2v) is 13.6. The second kappa shape index (κ2) is 9.00. The highest BCUT2D eigenvalue weighted by molar-refractivity contribution is 6.30. The summed E-state index contributed by atoms with van der Waals surface area (Å²) in [5, 5.41) is 13.9. The van der Waals surface area contributed by atoms with Gasteiger partial charge in [0.15, 0.2) is 0 Å². The van der Waals surface area contributed by atoms with Crippen LogP contribution in [0.4, 0.5) is 0 Å². The molecule has 5 aliphatic rings. The number of carbonyl (C=O) groups is 2. The van der Waals surface area contributed by atoms with Gasteiger partial charge in [-0.3, -0.25) is 4.79 Å². The van der Waals surface area contributed by atoms with Crippen molar-refractivity contribution in [1.82, 2.24) is 5.32 Å². The van der Waals surface area contributed by atoms with Crippen LogP contribution in [0.1, 0.15) is 90.0 Å². The number of hydrogen-bond donors (Lipinski definition) is 2. The first-order valence-corrected chi connectivity index (χ1v) is 14.8. The molecule has 6 rings (SSSR count). The third-order valence-corrected chi connectivity index (χ3v) is 11.8. The minimum absolute atomic E-state index is 0.0312. The van der Waals surface area contributed by atoms with E-state index in [1.165, 1.54) is 11.1 Å². The summed E-state index contributed by atoms with van der Waals surface area (Å²) >= 11 is 6.18. The Morgan fingerprint density at radius 3 is 2.41 bits per heavy atom. The van der Waals surface area contributed by atoms with Gasteiger partial charge in [-0.15, -0.1) is 0 Å². The van der Waals surface area contributed by atoms with Crippen LogP contribution in [0.3, 0.4) is 0 Å². The molecule has 0 saturated heterocycles. The molecule has 0 aromatic heterocycles. The maximum atomic E-state index is 14.0. The molecular weight excluding hydrogens is 482 g/mol. The molecule has 3 fully saturated rings. The number of halogens is 1. The van der Waals surface area contributed by atoms with Crippen molar-refractivity contribution in [2.45, 2.75) is 90.0 Å². The van der Waals surface area contributed by atoms with Crippen LogP contribution in [0.25, 0.3) is 0 Å². The predicted octanol–water partition coefficient (Wildman–Crippen LogP) is 7.43. The Bertz CT molecular complexity index is 1160. The molecule has 4 nitrogen and oxygen atoms in total. The average molecular weight is 522 g/mol.